The van der Waals surface area contributed by atoms with Crippen molar-refractivity contribution in [3.63, 3.8) is 0 Å². The minimum Gasteiger partial charge on any atom is -0.475 e. The number of aryl methyl sites for hydroxylation is 1. The highest BCUT2D eigenvalue weighted by atomic mass is 79.9. The van der Waals surface area contributed by atoms with Gasteiger partial charge in [0.1, 0.15) is 5.82 Å². The summed E-state index contributed by atoms with van der Waals surface area (Å²) in [4.78, 5) is 14.7. The molecule has 0 radical (unpaired) electrons. The minimum atomic E-state index is -1.20. The molecule has 0 bridgehead atoms. The van der Waals surface area contributed by atoms with Crippen LogP contribution in [0.3, 0.4) is 0 Å². The topological polar surface area (TPSA) is 63.3 Å². The lowest BCUT2D eigenvalue weighted by Crippen LogP contribution is -1.95. The largest absolute Gasteiger partial charge is 0.475 e. The summed E-state index contributed by atoms with van der Waals surface area (Å²) in [5, 5.41) is 8.82. The van der Waals surface area contributed by atoms with Crippen molar-refractivity contribution in [3.8, 4) is 11.5 Å². The van der Waals surface area contributed by atoms with Crippen LogP contribution in [0.5, 0.6) is 0 Å². The number of halogens is 2. The van der Waals surface area contributed by atoms with Gasteiger partial charge in [0.25, 0.3) is 0 Å². The second-order valence-corrected chi connectivity index (χ2v) is 4.31. The molecule has 1 N–H and O–H groups in total. The first kappa shape index (κ1) is 11.8. The number of hydrogen-bond donors (Lipinski definition) is 1. The van der Waals surface area contributed by atoms with Gasteiger partial charge in [-0.2, -0.15) is 0 Å². The highest BCUT2D eigenvalue weighted by Crippen LogP contribution is 2.25. The van der Waals surface area contributed by atoms with Crippen molar-refractivity contribution in [2.45, 2.75) is 6.92 Å². The third-order valence-corrected chi connectivity index (χ3v) is 2.56. The highest BCUT2D eigenvalue weighted by Gasteiger charge is 2.17. The summed E-state index contributed by atoms with van der Waals surface area (Å²) in [6, 6.07) is 4.11. The van der Waals surface area contributed by atoms with E-state index in [4.69, 9.17) is 9.52 Å². The Kier molecular flexibility index (Phi) is 2.97. The smallest absolute Gasteiger partial charge is 0.373 e. The van der Waals surface area contributed by atoms with Gasteiger partial charge in [-0.25, -0.2) is 14.2 Å². The zero-order chi connectivity index (χ0) is 12.6. The number of oxazole rings is 1. The molecule has 4 nitrogen and oxygen atoms in total. The molecule has 0 aliphatic rings. The number of carboxylic acid groups (broad SMARTS) is 1. The number of carboxylic acids is 1. The molecular weight excluding hydrogens is 293 g/mol. The summed E-state index contributed by atoms with van der Waals surface area (Å²) in [5.74, 6) is -1.81. The van der Waals surface area contributed by atoms with Crippen LogP contribution in [0, 0.1) is 12.7 Å². The molecule has 1 aromatic carbocycles. The molecule has 0 amide bonds. The molecular formula is C11H7BrFNO3. The lowest BCUT2D eigenvalue weighted by Gasteiger charge is -1.97. The van der Waals surface area contributed by atoms with E-state index < -0.39 is 11.8 Å². The fourth-order valence-corrected chi connectivity index (χ4v) is 1.86. The first-order chi connectivity index (χ1) is 7.97. The Balaban J connectivity index is 2.53. The Morgan fingerprint density at radius 2 is 2.18 bits per heavy atom. The van der Waals surface area contributed by atoms with Gasteiger partial charge >= 0.3 is 5.97 Å². The molecule has 0 unspecified atom stereocenters. The Morgan fingerprint density at radius 3 is 2.71 bits per heavy atom. The zero-order valence-corrected chi connectivity index (χ0v) is 10.3. The van der Waals surface area contributed by atoms with Gasteiger partial charge in [-0.05, 0) is 25.1 Å². The molecule has 0 fully saturated rings. The van der Waals surface area contributed by atoms with Crippen molar-refractivity contribution in [1.29, 1.82) is 0 Å². The molecule has 0 saturated carbocycles. The monoisotopic (exact) mass is 299 g/mol. The molecule has 2 aromatic rings. The van der Waals surface area contributed by atoms with Crippen LogP contribution in [0.4, 0.5) is 4.39 Å². The van der Waals surface area contributed by atoms with E-state index in [1.807, 2.05) is 0 Å². The van der Waals surface area contributed by atoms with E-state index in [1.165, 1.54) is 19.1 Å². The van der Waals surface area contributed by atoms with Crippen LogP contribution >= 0.6 is 15.9 Å². The van der Waals surface area contributed by atoms with Gasteiger partial charge in [0.2, 0.25) is 11.7 Å². The van der Waals surface area contributed by atoms with E-state index in [1.54, 1.807) is 6.07 Å². The molecule has 1 heterocycles. The van der Waals surface area contributed by atoms with Crippen LogP contribution in [0.2, 0.25) is 0 Å². The van der Waals surface area contributed by atoms with Crippen molar-refractivity contribution < 1.29 is 18.7 Å². The lowest BCUT2D eigenvalue weighted by atomic mass is 10.2. The number of carbonyl (C=O) groups is 1. The van der Waals surface area contributed by atoms with Crippen LogP contribution in [-0.2, 0) is 0 Å². The predicted octanol–water partition coefficient (Wildman–Crippen LogP) is 3.25. The summed E-state index contributed by atoms with van der Waals surface area (Å²) >= 11 is 3.14. The van der Waals surface area contributed by atoms with Gasteiger partial charge < -0.3 is 9.52 Å². The Bertz CT molecular complexity index is 574. The number of aromatic nitrogens is 1. The van der Waals surface area contributed by atoms with Gasteiger partial charge in [0.05, 0.1) is 5.69 Å². The summed E-state index contributed by atoms with van der Waals surface area (Å²) in [5.41, 5.74) is 0.639. The molecule has 1 aromatic heterocycles. The van der Waals surface area contributed by atoms with Crippen molar-refractivity contribution in [1.82, 2.24) is 4.98 Å². The van der Waals surface area contributed by atoms with E-state index >= 15 is 0 Å². The average Bonchev–Trinajstić information content (AvgIpc) is 2.59. The van der Waals surface area contributed by atoms with Crippen LogP contribution in [-0.4, -0.2) is 16.1 Å². The molecule has 0 saturated heterocycles. The van der Waals surface area contributed by atoms with Crippen LogP contribution in [0.1, 0.15) is 16.2 Å². The number of hydrogen-bond acceptors (Lipinski definition) is 3. The first-order valence-corrected chi connectivity index (χ1v) is 5.44. The summed E-state index contributed by atoms with van der Waals surface area (Å²) < 4.78 is 18.8. The Labute approximate surface area is 104 Å². The van der Waals surface area contributed by atoms with Crippen molar-refractivity contribution in [2.75, 3.05) is 0 Å². The van der Waals surface area contributed by atoms with E-state index in [9.17, 15) is 9.18 Å². The van der Waals surface area contributed by atoms with Gasteiger partial charge in [-0.15, -0.1) is 0 Å². The molecule has 2 rings (SSSR count). The minimum absolute atomic E-state index is 0.0834. The predicted molar refractivity (Wildman–Crippen MR) is 61.3 cm³/mol. The quantitative estimate of drug-likeness (QED) is 0.924. The first-order valence-electron chi connectivity index (χ1n) is 4.64. The second-order valence-electron chi connectivity index (χ2n) is 3.40. The maximum Gasteiger partial charge on any atom is 0.373 e. The molecule has 0 atom stereocenters. The van der Waals surface area contributed by atoms with Crippen LogP contribution in [0.15, 0.2) is 27.1 Å². The standard InChI is InChI=1S/C11H7BrFNO3/c1-5-9(11(15)16)17-10(14-5)6-2-7(12)4-8(13)3-6/h2-4H,1H3,(H,15,16). The highest BCUT2D eigenvalue weighted by molar-refractivity contribution is 9.10. The maximum atomic E-state index is 13.2. The molecule has 0 spiro atoms. The maximum absolute atomic E-state index is 13.2. The third kappa shape index (κ3) is 2.36. The molecule has 17 heavy (non-hydrogen) atoms. The van der Waals surface area contributed by atoms with E-state index in [-0.39, 0.29) is 17.3 Å². The van der Waals surface area contributed by atoms with Gasteiger partial charge in [-0.3, -0.25) is 0 Å². The fourth-order valence-electron chi connectivity index (χ4n) is 1.40. The SMILES string of the molecule is Cc1nc(-c2cc(F)cc(Br)c2)oc1C(=O)O. The van der Waals surface area contributed by atoms with E-state index in [0.717, 1.165) is 0 Å². The molecule has 6 heteroatoms. The second kappa shape index (κ2) is 4.29. The average molecular weight is 300 g/mol. The van der Waals surface area contributed by atoms with Crippen LogP contribution in [0.25, 0.3) is 11.5 Å². The van der Waals surface area contributed by atoms with E-state index in [2.05, 4.69) is 20.9 Å². The normalized spacial score (nSPS) is 10.5. The number of rotatable bonds is 2. The third-order valence-electron chi connectivity index (χ3n) is 2.10. The van der Waals surface area contributed by atoms with Crippen molar-refractivity contribution in [3.05, 3.63) is 39.9 Å². The Morgan fingerprint density at radius 1 is 1.47 bits per heavy atom. The van der Waals surface area contributed by atoms with Gasteiger partial charge in [0, 0.05) is 10.0 Å². The summed E-state index contributed by atoms with van der Waals surface area (Å²) in [6.45, 7) is 1.52. The van der Waals surface area contributed by atoms with Crippen molar-refractivity contribution in [2.24, 2.45) is 0 Å². The lowest BCUT2D eigenvalue weighted by molar-refractivity contribution is 0.0662. The molecule has 0 aliphatic heterocycles. The summed E-state index contributed by atoms with van der Waals surface area (Å²) in [6.07, 6.45) is 0. The summed E-state index contributed by atoms with van der Waals surface area (Å²) in [7, 11) is 0. The fraction of sp³-hybridized carbons (Fsp3) is 0.0909. The zero-order valence-electron chi connectivity index (χ0n) is 8.70. The van der Waals surface area contributed by atoms with Crippen LogP contribution < -0.4 is 0 Å². The molecule has 0 aliphatic carbocycles. The van der Waals surface area contributed by atoms with Gasteiger partial charge in [0.15, 0.2) is 0 Å². The number of benzene rings is 1. The van der Waals surface area contributed by atoms with Gasteiger partial charge in [-0.1, -0.05) is 15.9 Å². The van der Waals surface area contributed by atoms with Crippen molar-refractivity contribution >= 4 is 21.9 Å². The molecule has 88 valence electrons. The number of nitrogens with zero attached hydrogens (tertiary/aromatic N) is 1. The Hall–Kier alpha value is -1.69. The van der Waals surface area contributed by atoms with E-state index in [0.29, 0.717) is 10.0 Å². The number of aromatic carboxylic acids is 1.